The molecule has 24 heavy (non-hydrogen) atoms. The van der Waals surface area contributed by atoms with Crippen LogP contribution in [0.5, 0.6) is 5.75 Å². The molecule has 0 spiro atoms. The second kappa shape index (κ2) is 7.28. The summed E-state index contributed by atoms with van der Waals surface area (Å²) in [6, 6.07) is 10.1. The summed E-state index contributed by atoms with van der Waals surface area (Å²) in [5, 5.41) is 20.6. The maximum Gasteiger partial charge on any atom is 0.336 e. The minimum absolute atomic E-state index is 0.184. The summed E-state index contributed by atoms with van der Waals surface area (Å²) in [4.78, 5) is 34.4. The van der Waals surface area contributed by atoms with Crippen molar-refractivity contribution in [2.24, 2.45) is 0 Å². The van der Waals surface area contributed by atoms with E-state index in [-0.39, 0.29) is 11.3 Å². The van der Waals surface area contributed by atoms with Gasteiger partial charge < -0.3 is 20.3 Å². The van der Waals surface area contributed by atoms with E-state index in [1.807, 2.05) is 6.92 Å². The Morgan fingerprint density at radius 1 is 1.00 bits per heavy atom. The molecule has 0 unspecified atom stereocenters. The molecule has 0 radical (unpaired) electrons. The van der Waals surface area contributed by atoms with E-state index in [9.17, 15) is 14.4 Å². The van der Waals surface area contributed by atoms with Crippen LogP contribution < -0.4 is 10.1 Å². The standard InChI is InChI=1S/C17H15NO6/c1-2-24-12-5-3-4-10(8-12)15(19)18-11-6-7-13(16(20)21)14(9-11)17(22)23/h3-9H,2H2,1H3,(H,18,19)(H,20,21)(H,22,23). The molecule has 0 fully saturated rings. The molecule has 0 aliphatic carbocycles. The fraction of sp³-hybridized carbons (Fsp3) is 0.118. The Hall–Kier alpha value is -3.35. The Morgan fingerprint density at radius 2 is 1.71 bits per heavy atom. The third-order valence-electron chi connectivity index (χ3n) is 3.15. The first-order valence-corrected chi connectivity index (χ1v) is 7.07. The fourth-order valence-electron chi connectivity index (χ4n) is 2.08. The molecule has 3 N–H and O–H groups in total. The Kier molecular flexibility index (Phi) is 5.16. The van der Waals surface area contributed by atoms with Crippen LogP contribution in [0, 0.1) is 0 Å². The molecule has 1 amide bonds. The Labute approximate surface area is 137 Å². The first kappa shape index (κ1) is 17.0. The Bertz CT molecular complexity index is 799. The lowest BCUT2D eigenvalue weighted by atomic mass is 10.1. The molecule has 7 nitrogen and oxygen atoms in total. The van der Waals surface area contributed by atoms with Gasteiger partial charge in [0.1, 0.15) is 5.75 Å². The Morgan fingerprint density at radius 3 is 2.33 bits per heavy atom. The average Bonchev–Trinajstić information content (AvgIpc) is 2.55. The second-order valence-electron chi connectivity index (χ2n) is 4.79. The first-order valence-electron chi connectivity index (χ1n) is 7.07. The van der Waals surface area contributed by atoms with E-state index >= 15 is 0 Å². The van der Waals surface area contributed by atoms with Crippen LogP contribution in [-0.4, -0.2) is 34.7 Å². The van der Waals surface area contributed by atoms with Gasteiger partial charge in [-0.05, 0) is 43.3 Å². The van der Waals surface area contributed by atoms with Gasteiger partial charge in [-0.15, -0.1) is 0 Å². The number of anilines is 1. The average molecular weight is 329 g/mol. The van der Waals surface area contributed by atoms with Crippen LogP contribution in [0.1, 0.15) is 38.0 Å². The van der Waals surface area contributed by atoms with Gasteiger partial charge in [0.25, 0.3) is 5.91 Å². The molecule has 7 heteroatoms. The SMILES string of the molecule is CCOc1cccc(C(=O)Nc2ccc(C(=O)O)c(C(=O)O)c2)c1. The summed E-state index contributed by atoms with van der Waals surface area (Å²) >= 11 is 0. The van der Waals surface area contributed by atoms with Gasteiger partial charge in [-0.3, -0.25) is 4.79 Å². The number of carbonyl (C=O) groups excluding carboxylic acids is 1. The number of carbonyl (C=O) groups is 3. The number of hydrogen-bond donors (Lipinski definition) is 3. The molecule has 0 aliphatic heterocycles. The van der Waals surface area contributed by atoms with Gasteiger partial charge in [-0.2, -0.15) is 0 Å². The van der Waals surface area contributed by atoms with Gasteiger partial charge in [0.15, 0.2) is 0 Å². The molecule has 0 heterocycles. The molecule has 0 bridgehead atoms. The van der Waals surface area contributed by atoms with Crippen molar-refractivity contribution in [2.75, 3.05) is 11.9 Å². The molecule has 124 valence electrons. The third kappa shape index (κ3) is 3.89. The number of rotatable bonds is 6. The smallest absolute Gasteiger partial charge is 0.336 e. The van der Waals surface area contributed by atoms with Crippen LogP contribution in [0.15, 0.2) is 42.5 Å². The number of amides is 1. The van der Waals surface area contributed by atoms with E-state index in [2.05, 4.69) is 5.32 Å². The van der Waals surface area contributed by atoms with Crippen molar-refractivity contribution in [3.8, 4) is 5.75 Å². The van der Waals surface area contributed by atoms with Gasteiger partial charge in [0, 0.05) is 11.3 Å². The van der Waals surface area contributed by atoms with E-state index in [0.29, 0.717) is 17.9 Å². The molecule has 0 saturated heterocycles. The summed E-state index contributed by atoms with van der Waals surface area (Å²) in [7, 11) is 0. The highest BCUT2D eigenvalue weighted by Gasteiger charge is 2.17. The highest BCUT2D eigenvalue weighted by Crippen LogP contribution is 2.19. The highest BCUT2D eigenvalue weighted by molar-refractivity contribution is 6.06. The lowest BCUT2D eigenvalue weighted by Gasteiger charge is -2.09. The number of benzene rings is 2. The molecule has 2 rings (SSSR count). The largest absolute Gasteiger partial charge is 0.494 e. The highest BCUT2D eigenvalue weighted by atomic mass is 16.5. The minimum Gasteiger partial charge on any atom is -0.494 e. The maximum absolute atomic E-state index is 12.2. The predicted octanol–water partition coefficient (Wildman–Crippen LogP) is 2.73. The predicted molar refractivity (Wildman–Crippen MR) is 85.9 cm³/mol. The quantitative estimate of drug-likeness (QED) is 0.751. The fourth-order valence-corrected chi connectivity index (χ4v) is 2.08. The lowest BCUT2D eigenvalue weighted by molar-refractivity contribution is 0.0651. The van der Waals surface area contributed by atoms with Gasteiger partial charge in [-0.1, -0.05) is 6.07 Å². The topological polar surface area (TPSA) is 113 Å². The minimum atomic E-state index is -1.39. The van der Waals surface area contributed by atoms with Crippen LogP contribution >= 0.6 is 0 Å². The molecule has 0 saturated carbocycles. The van der Waals surface area contributed by atoms with Crippen LogP contribution in [-0.2, 0) is 0 Å². The van der Waals surface area contributed by atoms with Crippen LogP contribution in [0.3, 0.4) is 0 Å². The molecular formula is C17H15NO6. The van der Waals surface area contributed by atoms with Crippen molar-refractivity contribution in [3.05, 3.63) is 59.2 Å². The molecule has 2 aromatic rings. The molecule has 0 aliphatic rings. The number of nitrogens with one attached hydrogen (secondary N) is 1. The molecule has 2 aromatic carbocycles. The van der Waals surface area contributed by atoms with E-state index in [0.717, 1.165) is 12.1 Å². The summed E-state index contributed by atoms with van der Waals surface area (Å²) in [6.45, 7) is 2.29. The lowest BCUT2D eigenvalue weighted by Crippen LogP contribution is -2.14. The van der Waals surface area contributed by atoms with E-state index in [1.165, 1.54) is 6.07 Å². The number of aromatic carboxylic acids is 2. The normalized spacial score (nSPS) is 10.0. The van der Waals surface area contributed by atoms with E-state index in [1.54, 1.807) is 24.3 Å². The van der Waals surface area contributed by atoms with Gasteiger partial charge in [-0.25, -0.2) is 9.59 Å². The molecular weight excluding hydrogens is 314 g/mol. The van der Waals surface area contributed by atoms with E-state index < -0.39 is 23.4 Å². The first-order chi connectivity index (χ1) is 11.4. The van der Waals surface area contributed by atoms with Gasteiger partial charge >= 0.3 is 11.9 Å². The maximum atomic E-state index is 12.2. The number of hydrogen-bond acceptors (Lipinski definition) is 4. The van der Waals surface area contributed by atoms with E-state index in [4.69, 9.17) is 14.9 Å². The summed E-state index contributed by atoms with van der Waals surface area (Å²) in [5.74, 6) is -2.66. The molecule has 0 atom stereocenters. The summed E-state index contributed by atoms with van der Waals surface area (Å²) < 4.78 is 5.32. The Balaban J connectivity index is 2.26. The zero-order chi connectivity index (χ0) is 17.7. The summed E-state index contributed by atoms with van der Waals surface area (Å²) in [5.41, 5.74) is -0.230. The zero-order valence-corrected chi connectivity index (χ0v) is 12.8. The van der Waals surface area contributed by atoms with Gasteiger partial charge in [0.05, 0.1) is 17.7 Å². The van der Waals surface area contributed by atoms with Crippen molar-refractivity contribution >= 4 is 23.5 Å². The van der Waals surface area contributed by atoms with Crippen molar-refractivity contribution < 1.29 is 29.3 Å². The van der Waals surface area contributed by atoms with Crippen molar-refractivity contribution in [2.45, 2.75) is 6.92 Å². The molecule has 0 aromatic heterocycles. The number of ether oxygens (including phenoxy) is 1. The van der Waals surface area contributed by atoms with Crippen molar-refractivity contribution in [1.82, 2.24) is 0 Å². The van der Waals surface area contributed by atoms with Crippen molar-refractivity contribution in [3.63, 3.8) is 0 Å². The number of carboxylic acids is 2. The second-order valence-corrected chi connectivity index (χ2v) is 4.79. The zero-order valence-electron chi connectivity index (χ0n) is 12.8. The van der Waals surface area contributed by atoms with Crippen LogP contribution in [0.25, 0.3) is 0 Å². The van der Waals surface area contributed by atoms with Gasteiger partial charge in [0.2, 0.25) is 0 Å². The number of carboxylic acid groups (broad SMARTS) is 2. The van der Waals surface area contributed by atoms with Crippen LogP contribution in [0.4, 0.5) is 5.69 Å². The summed E-state index contributed by atoms with van der Waals surface area (Å²) in [6.07, 6.45) is 0. The van der Waals surface area contributed by atoms with Crippen LogP contribution in [0.2, 0.25) is 0 Å². The monoisotopic (exact) mass is 329 g/mol. The van der Waals surface area contributed by atoms with Crippen molar-refractivity contribution in [1.29, 1.82) is 0 Å². The third-order valence-corrected chi connectivity index (χ3v) is 3.15.